The number of carbonyl (C=O) groups is 2. The number of benzene rings is 2. The molecule has 32 heavy (non-hydrogen) atoms. The molecule has 2 saturated carbocycles. The Morgan fingerprint density at radius 2 is 1.75 bits per heavy atom. The lowest BCUT2D eigenvalue weighted by molar-refractivity contribution is -0.127. The fraction of sp³-hybridized carbons (Fsp3) is 0.481. The molecule has 0 bridgehead atoms. The maximum absolute atomic E-state index is 13.8. The number of nitrogens with one attached hydrogen (secondary N) is 1. The highest BCUT2D eigenvalue weighted by molar-refractivity contribution is 6.02. The number of nitrogens with zero attached hydrogens (tertiary/aromatic N) is 1. The van der Waals surface area contributed by atoms with Gasteiger partial charge >= 0.3 is 0 Å². The van der Waals surface area contributed by atoms with Gasteiger partial charge in [-0.2, -0.15) is 0 Å². The Balaban J connectivity index is 1.53. The minimum Gasteiger partial charge on any atom is -0.351 e. The van der Waals surface area contributed by atoms with Crippen molar-refractivity contribution in [3.05, 3.63) is 71.0 Å². The molecule has 1 atom stereocenters. The molecule has 1 N–H and O–H groups in total. The zero-order chi connectivity index (χ0) is 22.1. The smallest absolute Gasteiger partial charge is 0.254 e. The summed E-state index contributed by atoms with van der Waals surface area (Å²) in [5.74, 6) is -0.656. The van der Waals surface area contributed by atoms with Crippen LogP contribution >= 0.6 is 0 Å². The Labute approximate surface area is 189 Å². The molecular formula is C27H31FN2O2. The molecule has 2 aromatic carbocycles. The van der Waals surface area contributed by atoms with Crippen molar-refractivity contribution in [2.24, 2.45) is 0 Å². The summed E-state index contributed by atoms with van der Waals surface area (Å²) in [6.45, 7) is 0.280. The summed E-state index contributed by atoms with van der Waals surface area (Å²) in [4.78, 5) is 29.7. The molecule has 0 aromatic heterocycles. The first kappa shape index (κ1) is 21.2. The van der Waals surface area contributed by atoms with Crippen molar-refractivity contribution in [3.63, 3.8) is 0 Å². The first-order valence-electron chi connectivity index (χ1n) is 12.0. The Bertz CT molecular complexity index is 1010. The average Bonchev–Trinajstić information content (AvgIpc) is 3.28. The van der Waals surface area contributed by atoms with Gasteiger partial charge in [-0.25, -0.2) is 4.39 Å². The van der Waals surface area contributed by atoms with Crippen LogP contribution in [0.25, 0.3) is 0 Å². The molecule has 0 saturated heterocycles. The van der Waals surface area contributed by atoms with Crippen LogP contribution in [0.15, 0.2) is 48.5 Å². The van der Waals surface area contributed by atoms with Crippen LogP contribution in [0.1, 0.15) is 85.2 Å². The van der Waals surface area contributed by atoms with Crippen molar-refractivity contribution in [1.82, 2.24) is 10.2 Å². The monoisotopic (exact) mass is 434 g/mol. The fourth-order valence-electron chi connectivity index (χ4n) is 6.41. The molecule has 0 unspecified atom stereocenters. The molecule has 168 valence electrons. The van der Waals surface area contributed by atoms with E-state index >= 15 is 0 Å². The maximum Gasteiger partial charge on any atom is 0.254 e. The van der Waals surface area contributed by atoms with E-state index in [0.29, 0.717) is 5.56 Å². The molecule has 0 radical (unpaired) electrons. The van der Waals surface area contributed by atoms with Gasteiger partial charge in [0.15, 0.2) is 0 Å². The van der Waals surface area contributed by atoms with E-state index in [0.717, 1.165) is 62.5 Å². The highest BCUT2D eigenvalue weighted by atomic mass is 19.1. The zero-order valence-electron chi connectivity index (χ0n) is 18.5. The van der Waals surface area contributed by atoms with Gasteiger partial charge in [-0.1, -0.05) is 62.4 Å². The first-order chi connectivity index (χ1) is 15.6. The quantitative estimate of drug-likeness (QED) is 0.707. The van der Waals surface area contributed by atoms with Crippen molar-refractivity contribution < 1.29 is 14.0 Å². The minimum atomic E-state index is -0.459. The molecule has 1 aliphatic heterocycles. The molecule has 4 nitrogen and oxygen atoms in total. The average molecular weight is 435 g/mol. The third kappa shape index (κ3) is 3.62. The maximum atomic E-state index is 13.8. The number of hydrogen-bond donors (Lipinski definition) is 1. The number of halogens is 1. The molecule has 1 spiro atoms. The lowest BCUT2D eigenvalue weighted by atomic mass is 9.69. The van der Waals surface area contributed by atoms with Gasteiger partial charge in [-0.15, -0.1) is 0 Å². The predicted octanol–water partition coefficient (Wildman–Crippen LogP) is 5.33. The summed E-state index contributed by atoms with van der Waals surface area (Å²) >= 11 is 0. The van der Waals surface area contributed by atoms with E-state index in [9.17, 15) is 14.0 Å². The van der Waals surface area contributed by atoms with Gasteiger partial charge in [0.25, 0.3) is 5.91 Å². The van der Waals surface area contributed by atoms with Crippen LogP contribution in [-0.2, 0) is 11.3 Å². The Morgan fingerprint density at radius 1 is 1.00 bits per heavy atom. The van der Waals surface area contributed by atoms with Crippen LogP contribution in [0.3, 0.4) is 0 Å². The molecule has 1 heterocycles. The van der Waals surface area contributed by atoms with Gasteiger partial charge in [-0.05, 0) is 55.0 Å². The van der Waals surface area contributed by atoms with Crippen molar-refractivity contribution >= 4 is 11.8 Å². The third-order valence-electron chi connectivity index (χ3n) is 7.77. The van der Waals surface area contributed by atoms with E-state index in [2.05, 4.69) is 10.2 Å². The predicted molar refractivity (Wildman–Crippen MR) is 122 cm³/mol. The standard InChI is InChI=1S/C27H31FN2O2/c28-20-10-8-9-19(17-20)18-29-25(31)24-22-13-4-5-14-23(22)26(32)30(21-11-2-1-3-12-21)27(24)15-6-7-16-27/h4-5,8-10,13-14,17,21,24H,1-3,6-7,11-12,15-16,18H2,(H,29,31)/t24-/m0/s1. The second-order valence-electron chi connectivity index (χ2n) is 9.65. The largest absolute Gasteiger partial charge is 0.351 e. The highest BCUT2D eigenvalue weighted by Gasteiger charge is 2.57. The first-order valence-corrected chi connectivity index (χ1v) is 12.0. The van der Waals surface area contributed by atoms with Crippen LogP contribution < -0.4 is 5.32 Å². The van der Waals surface area contributed by atoms with Gasteiger partial charge in [-0.3, -0.25) is 9.59 Å². The van der Waals surface area contributed by atoms with E-state index in [1.807, 2.05) is 30.3 Å². The summed E-state index contributed by atoms with van der Waals surface area (Å²) in [7, 11) is 0. The fourth-order valence-corrected chi connectivity index (χ4v) is 6.41. The molecule has 2 aromatic rings. The van der Waals surface area contributed by atoms with E-state index in [1.54, 1.807) is 6.07 Å². The Kier molecular flexibility index (Phi) is 5.75. The Hall–Kier alpha value is -2.69. The number of fused-ring (bicyclic) bond motifs is 1. The van der Waals surface area contributed by atoms with E-state index in [4.69, 9.17) is 0 Å². The number of carbonyl (C=O) groups excluding carboxylic acids is 2. The summed E-state index contributed by atoms with van der Waals surface area (Å²) in [6.07, 6.45) is 9.34. The van der Waals surface area contributed by atoms with Crippen molar-refractivity contribution in [2.45, 2.75) is 81.8 Å². The van der Waals surface area contributed by atoms with Crippen LogP contribution in [0.2, 0.25) is 0 Å². The van der Waals surface area contributed by atoms with E-state index in [-0.39, 0.29) is 30.2 Å². The zero-order valence-corrected chi connectivity index (χ0v) is 18.5. The van der Waals surface area contributed by atoms with Crippen LogP contribution in [0.4, 0.5) is 4.39 Å². The number of amides is 2. The number of rotatable bonds is 4. The van der Waals surface area contributed by atoms with Gasteiger partial charge in [0.1, 0.15) is 5.82 Å². The topological polar surface area (TPSA) is 49.4 Å². The molecule has 2 aliphatic carbocycles. The highest BCUT2D eigenvalue weighted by Crippen LogP contribution is 2.52. The number of hydrogen-bond acceptors (Lipinski definition) is 2. The molecule has 5 rings (SSSR count). The molecule has 5 heteroatoms. The van der Waals surface area contributed by atoms with Crippen molar-refractivity contribution in [1.29, 1.82) is 0 Å². The van der Waals surface area contributed by atoms with E-state index in [1.165, 1.54) is 18.6 Å². The normalized spacial score (nSPS) is 22.7. The van der Waals surface area contributed by atoms with Crippen molar-refractivity contribution in [2.75, 3.05) is 0 Å². The van der Waals surface area contributed by atoms with E-state index < -0.39 is 11.5 Å². The summed E-state index contributed by atoms with van der Waals surface area (Å²) in [6, 6.07) is 14.2. The molecule has 3 aliphatic rings. The lowest BCUT2D eigenvalue weighted by Gasteiger charge is -2.54. The molecule has 2 amide bonds. The second-order valence-corrected chi connectivity index (χ2v) is 9.65. The van der Waals surface area contributed by atoms with Crippen LogP contribution in [0, 0.1) is 5.82 Å². The molecular weight excluding hydrogens is 403 g/mol. The molecule has 2 fully saturated rings. The van der Waals surface area contributed by atoms with Gasteiger partial charge < -0.3 is 10.2 Å². The summed E-state index contributed by atoms with van der Waals surface area (Å²) < 4.78 is 13.6. The van der Waals surface area contributed by atoms with Gasteiger partial charge in [0.2, 0.25) is 5.91 Å². The third-order valence-corrected chi connectivity index (χ3v) is 7.77. The van der Waals surface area contributed by atoms with Crippen LogP contribution in [-0.4, -0.2) is 28.3 Å². The minimum absolute atomic E-state index is 0.0584. The lowest BCUT2D eigenvalue weighted by Crippen LogP contribution is -2.63. The summed E-state index contributed by atoms with van der Waals surface area (Å²) in [5, 5.41) is 3.08. The second kappa shape index (κ2) is 8.68. The summed E-state index contributed by atoms with van der Waals surface area (Å²) in [5.41, 5.74) is 1.80. The van der Waals surface area contributed by atoms with Crippen LogP contribution in [0.5, 0.6) is 0 Å². The van der Waals surface area contributed by atoms with Crippen molar-refractivity contribution in [3.8, 4) is 0 Å². The van der Waals surface area contributed by atoms with Gasteiger partial charge in [0.05, 0.1) is 11.5 Å². The van der Waals surface area contributed by atoms with Gasteiger partial charge in [0, 0.05) is 18.2 Å². The Morgan fingerprint density at radius 3 is 2.50 bits per heavy atom. The SMILES string of the molecule is O=C(NCc1cccc(F)c1)[C@@H]1c2ccccc2C(=O)N(C2CCCCC2)C12CCCC2.